The summed E-state index contributed by atoms with van der Waals surface area (Å²) in [5, 5.41) is 6.09. The summed E-state index contributed by atoms with van der Waals surface area (Å²) in [6, 6.07) is 0.411. The van der Waals surface area contributed by atoms with E-state index in [9.17, 15) is 9.59 Å². The zero-order valence-corrected chi connectivity index (χ0v) is 13.9. The molecule has 0 unspecified atom stereocenters. The van der Waals surface area contributed by atoms with E-state index in [0.29, 0.717) is 25.7 Å². The second-order valence-electron chi connectivity index (χ2n) is 6.65. The third-order valence-electron chi connectivity index (χ3n) is 4.94. The Morgan fingerprint density at radius 2 is 1.55 bits per heavy atom. The zero-order valence-electron chi connectivity index (χ0n) is 13.9. The Morgan fingerprint density at radius 1 is 0.955 bits per heavy atom. The highest BCUT2D eigenvalue weighted by Crippen LogP contribution is 2.20. The predicted octanol–water partition coefficient (Wildman–Crippen LogP) is 2.66. The number of piperidine rings is 1. The SMILES string of the molecule is CCNC(=O)C1CCN(C(=O)NC2CCCCCCC2)CC1. The first kappa shape index (κ1) is 17.1. The minimum absolute atomic E-state index is 0.0694. The monoisotopic (exact) mass is 309 g/mol. The molecule has 0 aromatic rings. The first-order valence-corrected chi connectivity index (χ1v) is 9.04. The van der Waals surface area contributed by atoms with Gasteiger partial charge in [-0.3, -0.25) is 4.79 Å². The number of likely N-dealkylation sites (tertiary alicyclic amines) is 1. The lowest BCUT2D eigenvalue weighted by Gasteiger charge is -2.33. The number of hydrogen-bond donors (Lipinski definition) is 2. The largest absolute Gasteiger partial charge is 0.356 e. The summed E-state index contributed by atoms with van der Waals surface area (Å²) in [5.41, 5.74) is 0. The first-order chi connectivity index (χ1) is 10.7. The van der Waals surface area contributed by atoms with Crippen molar-refractivity contribution >= 4 is 11.9 Å². The van der Waals surface area contributed by atoms with Crippen LogP contribution in [0.4, 0.5) is 4.79 Å². The van der Waals surface area contributed by atoms with Crippen molar-refractivity contribution in [3.8, 4) is 0 Å². The lowest BCUT2D eigenvalue weighted by molar-refractivity contribution is -0.126. The van der Waals surface area contributed by atoms with Crippen molar-refractivity contribution in [2.75, 3.05) is 19.6 Å². The number of carbonyl (C=O) groups is 2. The van der Waals surface area contributed by atoms with Crippen LogP contribution in [0, 0.1) is 5.92 Å². The Labute approximate surface area is 134 Å². The average Bonchev–Trinajstić information content (AvgIpc) is 2.50. The van der Waals surface area contributed by atoms with Crippen LogP contribution in [-0.2, 0) is 4.79 Å². The first-order valence-electron chi connectivity index (χ1n) is 9.04. The van der Waals surface area contributed by atoms with E-state index in [1.807, 2.05) is 11.8 Å². The molecule has 5 nitrogen and oxygen atoms in total. The third-order valence-corrected chi connectivity index (χ3v) is 4.94. The quantitative estimate of drug-likeness (QED) is 0.842. The van der Waals surface area contributed by atoms with E-state index < -0.39 is 0 Å². The van der Waals surface area contributed by atoms with Crippen LogP contribution in [-0.4, -0.2) is 42.5 Å². The van der Waals surface area contributed by atoms with E-state index >= 15 is 0 Å². The molecule has 0 radical (unpaired) electrons. The molecule has 1 aliphatic carbocycles. The van der Waals surface area contributed by atoms with Crippen molar-refractivity contribution in [3.05, 3.63) is 0 Å². The highest BCUT2D eigenvalue weighted by Gasteiger charge is 2.27. The maximum atomic E-state index is 12.4. The molecular formula is C17H31N3O2. The Kier molecular flexibility index (Phi) is 7.00. The summed E-state index contributed by atoms with van der Waals surface area (Å²) >= 11 is 0. The Bertz CT molecular complexity index is 357. The standard InChI is InChI=1S/C17H31N3O2/c1-2-18-16(21)14-10-12-20(13-11-14)17(22)19-15-8-6-4-3-5-7-9-15/h14-15H,2-13H2,1H3,(H,18,21)(H,19,22). The fourth-order valence-corrected chi connectivity index (χ4v) is 3.53. The minimum atomic E-state index is 0.0694. The van der Waals surface area contributed by atoms with Gasteiger partial charge in [0.25, 0.3) is 0 Å². The van der Waals surface area contributed by atoms with Crippen LogP contribution in [0.3, 0.4) is 0 Å². The van der Waals surface area contributed by atoms with Gasteiger partial charge in [0.1, 0.15) is 0 Å². The van der Waals surface area contributed by atoms with E-state index in [1.165, 1.54) is 32.1 Å². The van der Waals surface area contributed by atoms with Gasteiger partial charge in [0.2, 0.25) is 5.91 Å². The van der Waals surface area contributed by atoms with E-state index in [1.54, 1.807) is 0 Å². The maximum absolute atomic E-state index is 12.4. The molecule has 0 aromatic heterocycles. The van der Waals surface area contributed by atoms with Gasteiger partial charge in [-0.05, 0) is 32.6 Å². The summed E-state index contributed by atoms with van der Waals surface area (Å²) < 4.78 is 0. The molecule has 126 valence electrons. The fraction of sp³-hybridized carbons (Fsp3) is 0.882. The number of carbonyl (C=O) groups excluding carboxylic acids is 2. The van der Waals surface area contributed by atoms with Crippen molar-refractivity contribution in [1.29, 1.82) is 0 Å². The Hall–Kier alpha value is -1.26. The smallest absolute Gasteiger partial charge is 0.317 e. The van der Waals surface area contributed by atoms with E-state index in [4.69, 9.17) is 0 Å². The number of rotatable bonds is 3. The van der Waals surface area contributed by atoms with E-state index in [2.05, 4.69) is 10.6 Å². The van der Waals surface area contributed by atoms with Crippen LogP contribution in [0.2, 0.25) is 0 Å². The summed E-state index contributed by atoms with van der Waals surface area (Å²) in [7, 11) is 0. The van der Waals surface area contributed by atoms with Gasteiger partial charge in [-0.2, -0.15) is 0 Å². The molecule has 5 heteroatoms. The van der Waals surface area contributed by atoms with Gasteiger partial charge in [-0.15, -0.1) is 0 Å². The molecule has 0 atom stereocenters. The Balaban J connectivity index is 1.73. The van der Waals surface area contributed by atoms with Crippen LogP contribution in [0.15, 0.2) is 0 Å². The van der Waals surface area contributed by atoms with Crippen LogP contribution < -0.4 is 10.6 Å². The molecule has 0 spiro atoms. The van der Waals surface area contributed by atoms with Gasteiger partial charge in [-0.1, -0.05) is 32.1 Å². The summed E-state index contributed by atoms with van der Waals surface area (Å²) in [6.45, 7) is 4.01. The van der Waals surface area contributed by atoms with Crippen molar-refractivity contribution in [2.24, 2.45) is 5.92 Å². The fourth-order valence-electron chi connectivity index (χ4n) is 3.53. The second-order valence-corrected chi connectivity index (χ2v) is 6.65. The van der Waals surface area contributed by atoms with Crippen molar-refractivity contribution in [3.63, 3.8) is 0 Å². The van der Waals surface area contributed by atoms with Crippen molar-refractivity contribution in [1.82, 2.24) is 15.5 Å². The van der Waals surface area contributed by atoms with Gasteiger partial charge >= 0.3 is 6.03 Å². The second kappa shape index (κ2) is 9.01. The normalized spacial score (nSPS) is 21.8. The molecule has 2 aliphatic rings. The summed E-state index contributed by atoms with van der Waals surface area (Å²) in [5.74, 6) is 0.216. The van der Waals surface area contributed by atoms with Crippen LogP contribution >= 0.6 is 0 Å². The molecule has 3 amide bonds. The lowest BCUT2D eigenvalue weighted by Crippen LogP contribution is -2.49. The molecule has 1 saturated heterocycles. The van der Waals surface area contributed by atoms with Crippen molar-refractivity contribution in [2.45, 2.75) is 70.8 Å². The molecule has 0 bridgehead atoms. The molecule has 1 aliphatic heterocycles. The maximum Gasteiger partial charge on any atom is 0.317 e. The molecule has 22 heavy (non-hydrogen) atoms. The molecular weight excluding hydrogens is 278 g/mol. The van der Waals surface area contributed by atoms with E-state index in [0.717, 1.165) is 25.7 Å². The molecule has 1 heterocycles. The topological polar surface area (TPSA) is 61.4 Å². The molecule has 0 aromatic carbocycles. The van der Waals surface area contributed by atoms with Crippen LogP contribution in [0.1, 0.15) is 64.7 Å². The molecule has 2 rings (SSSR count). The molecule has 1 saturated carbocycles. The lowest BCUT2D eigenvalue weighted by atomic mass is 9.95. The number of nitrogens with one attached hydrogen (secondary N) is 2. The predicted molar refractivity (Wildman–Crippen MR) is 87.6 cm³/mol. The molecule has 2 fully saturated rings. The van der Waals surface area contributed by atoms with E-state index in [-0.39, 0.29) is 17.9 Å². The van der Waals surface area contributed by atoms with Crippen LogP contribution in [0.25, 0.3) is 0 Å². The number of nitrogens with zero attached hydrogens (tertiary/aromatic N) is 1. The zero-order chi connectivity index (χ0) is 15.8. The van der Waals surface area contributed by atoms with Gasteiger partial charge in [0, 0.05) is 31.6 Å². The summed E-state index contributed by atoms with van der Waals surface area (Å²) in [4.78, 5) is 26.1. The van der Waals surface area contributed by atoms with Gasteiger partial charge in [-0.25, -0.2) is 4.79 Å². The van der Waals surface area contributed by atoms with Crippen LogP contribution in [0.5, 0.6) is 0 Å². The van der Waals surface area contributed by atoms with Crippen molar-refractivity contribution < 1.29 is 9.59 Å². The summed E-state index contributed by atoms with van der Waals surface area (Å²) in [6.07, 6.45) is 10.2. The highest BCUT2D eigenvalue weighted by atomic mass is 16.2. The highest BCUT2D eigenvalue weighted by molar-refractivity contribution is 5.79. The minimum Gasteiger partial charge on any atom is -0.356 e. The Morgan fingerprint density at radius 3 is 2.14 bits per heavy atom. The van der Waals surface area contributed by atoms with Gasteiger partial charge in [0.05, 0.1) is 0 Å². The van der Waals surface area contributed by atoms with Gasteiger partial charge in [0.15, 0.2) is 0 Å². The molecule has 2 N–H and O–H groups in total. The number of hydrogen-bond acceptors (Lipinski definition) is 2. The third kappa shape index (κ3) is 5.18. The number of amides is 3. The van der Waals surface area contributed by atoms with Gasteiger partial charge < -0.3 is 15.5 Å². The average molecular weight is 309 g/mol. The number of urea groups is 1.